The molecule has 3 aromatic rings. The predicted molar refractivity (Wildman–Crippen MR) is 87.0 cm³/mol. The molecule has 0 aliphatic heterocycles. The highest BCUT2D eigenvalue weighted by Gasteiger charge is 2.13. The molecule has 3 nitrogen and oxygen atoms in total. The van der Waals surface area contributed by atoms with Gasteiger partial charge in [0.2, 0.25) is 0 Å². The van der Waals surface area contributed by atoms with Crippen LogP contribution in [0.1, 0.15) is 15.9 Å². The number of amides is 1. The lowest BCUT2D eigenvalue weighted by molar-refractivity contribution is 0.0964. The number of aromatic nitrogens is 1. The van der Waals surface area contributed by atoms with E-state index in [0.29, 0.717) is 5.56 Å². The molecule has 1 amide bonds. The fourth-order valence-electron chi connectivity index (χ4n) is 2.33. The summed E-state index contributed by atoms with van der Waals surface area (Å²) in [5, 5.41) is 3.75. The lowest BCUT2D eigenvalue weighted by atomic mass is 10.1. The molecule has 2 aromatic carbocycles. The maximum Gasteiger partial charge on any atom is 0.253 e. The van der Waals surface area contributed by atoms with E-state index in [4.69, 9.17) is 0 Å². The van der Waals surface area contributed by atoms with Crippen LogP contribution in [0.2, 0.25) is 0 Å². The highest BCUT2D eigenvalue weighted by atomic mass is 32.2. The molecule has 0 aliphatic rings. The Labute approximate surface area is 127 Å². The Morgan fingerprint density at radius 2 is 1.90 bits per heavy atom. The molecule has 0 atom stereocenters. The van der Waals surface area contributed by atoms with Gasteiger partial charge in [0.05, 0.1) is 11.1 Å². The highest BCUT2D eigenvalue weighted by Crippen LogP contribution is 2.35. The summed E-state index contributed by atoms with van der Waals surface area (Å²) in [6.45, 7) is 2.10. The number of hydrogen-bond donors (Lipinski definition) is 2. The lowest BCUT2D eigenvalue weighted by Crippen LogP contribution is -2.17. The molecule has 21 heavy (non-hydrogen) atoms. The van der Waals surface area contributed by atoms with Crippen LogP contribution in [0.15, 0.2) is 58.5 Å². The lowest BCUT2D eigenvalue weighted by Gasteiger charge is -2.05. The van der Waals surface area contributed by atoms with Gasteiger partial charge in [-0.3, -0.25) is 4.79 Å². The van der Waals surface area contributed by atoms with E-state index in [1.807, 2.05) is 36.5 Å². The third-order valence-electron chi connectivity index (χ3n) is 3.46. The first-order valence-electron chi connectivity index (χ1n) is 6.76. The Balaban J connectivity index is 2.05. The number of aromatic amines is 1. The van der Waals surface area contributed by atoms with Crippen LogP contribution in [-0.4, -0.2) is 17.9 Å². The van der Waals surface area contributed by atoms with Crippen LogP contribution in [0.4, 0.5) is 0 Å². The zero-order valence-electron chi connectivity index (χ0n) is 11.9. The van der Waals surface area contributed by atoms with Crippen LogP contribution < -0.4 is 5.32 Å². The third kappa shape index (κ3) is 2.54. The molecular formula is C17H16N2OS. The van der Waals surface area contributed by atoms with Crippen LogP contribution in [0.25, 0.3) is 10.9 Å². The molecule has 2 N–H and O–H groups in total. The summed E-state index contributed by atoms with van der Waals surface area (Å²) in [5.74, 6) is -0.0742. The van der Waals surface area contributed by atoms with Crippen molar-refractivity contribution in [2.45, 2.75) is 16.7 Å². The molecular weight excluding hydrogens is 280 g/mol. The predicted octanol–water partition coefficient (Wildman–Crippen LogP) is 3.99. The fourth-order valence-corrected chi connectivity index (χ4v) is 3.34. The van der Waals surface area contributed by atoms with Crippen molar-refractivity contribution >= 4 is 28.6 Å². The summed E-state index contributed by atoms with van der Waals surface area (Å²) in [5.41, 5.74) is 2.80. The Bertz CT molecular complexity index is 807. The van der Waals surface area contributed by atoms with Crippen LogP contribution in [0.5, 0.6) is 0 Å². The Morgan fingerprint density at radius 1 is 1.10 bits per heavy atom. The Kier molecular flexibility index (Phi) is 3.71. The minimum atomic E-state index is -0.0742. The van der Waals surface area contributed by atoms with E-state index in [-0.39, 0.29) is 5.91 Å². The molecule has 3 rings (SSSR count). The molecule has 0 aliphatic carbocycles. The second kappa shape index (κ2) is 5.66. The van der Waals surface area contributed by atoms with Gasteiger partial charge in [0, 0.05) is 28.4 Å². The van der Waals surface area contributed by atoms with Crippen molar-refractivity contribution < 1.29 is 4.79 Å². The molecule has 0 saturated carbocycles. The Hall–Kier alpha value is -2.20. The van der Waals surface area contributed by atoms with Crippen molar-refractivity contribution in [2.24, 2.45) is 0 Å². The van der Waals surface area contributed by atoms with Crippen molar-refractivity contribution in [3.63, 3.8) is 0 Å². The van der Waals surface area contributed by atoms with E-state index in [2.05, 4.69) is 29.4 Å². The van der Waals surface area contributed by atoms with Crippen molar-refractivity contribution in [3.8, 4) is 0 Å². The average Bonchev–Trinajstić information content (AvgIpc) is 2.92. The summed E-state index contributed by atoms with van der Waals surface area (Å²) in [6, 6.07) is 14.1. The number of H-pyrrole nitrogens is 1. The summed E-state index contributed by atoms with van der Waals surface area (Å²) in [7, 11) is 1.65. The molecule has 4 heteroatoms. The number of rotatable bonds is 3. The van der Waals surface area contributed by atoms with Gasteiger partial charge in [0.15, 0.2) is 0 Å². The standard InChI is InChI=1S/C17H16N2OS/c1-11-6-3-4-9-14(11)21-15-10-19-16-12(15)7-5-8-13(16)17(20)18-2/h3-10,19H,1-2H3,(H,18,20). The number of carbonyl (C=O) groups is 1. The van der Waals surface area contributed by atoms with Gasteiger partial charge >= 0.3 is 0 Å². The molecule has 0 unspecified atom stereocenters. The normalized spacial score (nSPS) is 10.8. The molecule has 1 aromatic heterocycles. The van der Waals surface area contributed by atoms with Gasteiger partial charge in [0.25, 0.3) is 5.91 Å². The van der Waals surface area contributed by atoms with E-state index in [0.717, 1.165) is 15.8 Å². The second-order valence-electron chi connectivity index (χ2n) is 4.83. The largest absolute Gasteiger partial charge is 0.359 e. The van der Waals surface area contributed by atoms with Crippen molar-refractivity contribution in [2.75, 3.05) is 7.05 Å². The fraction of sp³-hybridized carbons (Fsp3) is 0.118. The molecule has 0 spiro atoms. The van der Waals surface area contributed by atoms with Crippen molar-refractivity contribution in [1.29, 1.82) is 0 Å². The Morgan fingerprint density at radius 3 is 2.67 bits per heavy atom. The van der Waals surface area contributed by atoms with Gasteiger partial charge in [-0.15, -0.1) is 0 Å². The number of fused-ring (bicyclic) bond motifs is 1. The maximum absolute atomic E-state index is 11.9. The van der Waals surface area contributed by atoms with Gasteiger partial charge in [-0.05, 0) is 24.6 Å². The first kappa shape index (κ1) is 13.8. The SMILES string of the molecule is CNC(=O)c1cccc2c(Sc3ccccc3C)c[nH]c12. The number of benzene rings is 2. The topological polar surface area (TPSA) is 44.9 Å². The average molecular weight is 296 g/mol. The van der Waals surface area contributed by atoms with Crippen LogP contribution >= 0.6 is 11.8 Å². The van der Waals surface area contributed by atoms with Gasteiger partial charge in [-0.25, -0.2) is 0 Å². The van der Waals surface area contributed by atoms with Crippen molar-refractivity contribution in [3.05, 3.63) is 59.8 Å². The number of nitrogens with one attached hydrogen (secondary N) is 2. The van der Waals surface area contributed by atoms with Gasteiger partial charge < -0.3 is 10.3 Å². The first-order valence-corrected chi connectivity index (χ1v) is 7.58. The summed E-state index contributed by atoms with van der Waals surface area (Å²) >= 11 is 1.72. The van der Waals surface area contributed by atoms with E-state index >= 15 is 0 Å². The summed E-state index contributed by atoms with van der Waals surface area (Å²) < 4.78 is 0. The van der Waals surface area contributed by atoms with Crippen LogP contribution in [0, 0.1) is 6.92 Å². The van der Waals surface area contributed by atoms with E-state index in [1.165, 1.54) is 10.5 Å². The summed E-state index contributed by atoms with van der Waals surface area (Å²) in [6.07, 6.45) is 1.97. The van der Waals surface area contributed by atoms with Crippen molar-refractivity contribution in [1.82, 2.24) is 10.3 Å². The zero-order chi connectivity index (χ0) is 14.8. The quantitative estimate of drug-likeness (QED) is 0.767. The summed E-state index contributed by atoms with van der Waals surface area (Å²) in [4.78, 5) is 17.5. The monoisotopic (exact) mass is 296 g/mol. The number of aryl methyl sites for hydroxylation is 1. The first-order chi connectivity index (χ1) is 10.2. The number of hydrogen-bond acceptors (Lipinski definition) is 2. The zero-order valence-corrected chi connectivity index (χ0v) is 12.8. The molecule has 106 valence electrons. The molecule has 0 radical (unpaired) electrons. The number of carbonyl (C=O) groups excluding carboxylic acids is 1. The van der Waals surface area contributed by atoms with Gasteiger partial charge in [-0.1, -0.05) is 42.1 Å². The van der Waals surface area contributed by atoms with Gasteiger partial charge in [-0.2, -0.15) is 0 Å². The number of para-hydroxylation sites is 1. The molecule has 0 saturated heterocycles. The molecule has 0 bridgehead atoms. The van der Waals surface area contributed by atoms with Crippen LogP contribution in [-0.2, 0) is 0 Å². The third-order valence-corrected chi connectivity index (χ3v) is 4.70. The van der Waals surface area contributed by atoms with Gasteiger partial charge in [0.1, 0.15) is 0 Å². The van der Waals surface area contributed by atoms with E-state index < -0.39 is 0 Å². The van der Waals surface area contributed by atoms with E-state index in [1.54, 1.807) is 18.8 Å². The maximum atomic E-state index is 11.9. The van der Waals surface area contributed by atoms with E-state index in [9.17, 15) is 4.79 Å². The minimum absolute atomic E-state index is 0.0742. The highest BCUT2D eigenvalue weighted by molar-refractivity contribution is 7.99. The second-order valence-corrected chi connectivity index (χ2v) is 5.91. The smallest absolute Gasteiger partial charge is 0.253 e. The minimum Gasteiger partial charge on any atom is -0.359 e. The molecule has 1 heterocycles. The van der Waals surface area contributed by atoms with Crippen LogP contribution in [0.3, 0.4) is 0 Å². The molecule has 0 fully saturated rings.